The predicted molar refractivity (Wildman–Crippen MR) is 87.6 cm³/mol. The first kappa shape index (κ1) is 17.4. The van der Waals surface area contributed by atoms with Crippen LogP contribution < -0.4 is 16.4 Å². The second kappa shape index (κ2) is 8.06. The second-order valence-corrected chi connectivity index (χ2v) is 6.09. The maximum absolute atomic E-state index is 13.6. The first-order valence-electron chi connectivity index (χ1n) is 8.09. The van der Waals surface area contributed by atoms with Gasteiger partial charge < -0.3 is 16.4 Å². The van der Waals surface area contributed by atoms with Gasteiger partial charge in [-0.1, -0.05) is 19.3 Å². The van der Waals surface area contributed by atoms with Crippen molar-refractivity contribution in [2.45, 2.75) is 45.1 Å². The molecule has 1 unspecified atom stereocenters. The molecule has 0 saturated heterocycles. The van der Waals surface area contributed by atoms with Gasteiger partial charge in [-0.25, -0.2) is 4.39 Å². The molecule has 1 aromatic rings. The molecule has 6 heteroatoms. The van der Waals surface area contributed by atoms with Gasteiger partial charge in [0.2, 0.25) is 5.91 Å². The smallest absolute Gasteiger partial charge is 0.251 e. The molecule has 1 aliphatic rings. The van der Waals surface area contributed by atoms with E-state index in [9.17, 15) is 14.0 Å². The average Bonchev–Trinajstić information content (AvgIpc) is 2.54. The number of amides is 2. The summed E-state index contributed by atoms with van der Waals surface area (Å²) in [6.07, 6.45) is 5.71. The summed E-state index contributed by atoms with van der Waals surface area (Å²) >= 11 is 0. The van der Waals surface area contributed by atoms with Crippen LogP contribution in [0.15, 0.2) is 18.2 Å². The van der Waals surface area contributed by atoms with Crippen molar-refractivity contribution in [2.24, 2.45) is 11.7 Å². The minimum Gasteiger partial charge on any atom is -0.348 e. The summed E-state index contributed by atoms with van der Waals surface area (Å²) in [5.41, 5.74) is 6.13. The number of nitrogens with one attached hydrogen (secondary N) is 2. The minimum absolute atomic E-state index is 0.00659. The molecule has 5 nitrogen and oxygen atoms in total. The van der Waals surface area contributed by atoms with Crippen molar-refractivity contribution < 1.29 is 14.0 Å². The lowest BCUT2D eigenvalue weighted by molar-refractivity contribution is -0.114. The fraction of sp³-hybridized carbons (Fsp3) is 0.529. The SMILES string of the molecule is CC(=O)Nc1cc(C(=O)NC(CN)C2CCCCC2)ccc1F. The molecule has 0 radical (unpaired) electrons. The van der Waals surface area contributed by atoms with Crippen LogP contribution in [-0.2, 0) is 4.79 Å². The second-order valence-electron chi connectivity index (χ2n) is 6.09. The fourth-order valence-electron chi connectivity index (χ4n) is 3.11. The third-order valence-electron chi connectivity index (χ3n) is 4.33. The van der Waals surface area contributed by atoms with Crippen molar-refractivity contribution in [3.8, 4) is 0 Å². The van der Waals surface area contributed by atoms with Crippen LogP contribution in [-0.4, -0.2) is 24.4 Å². The molecule has 1 aliphatic carbocycles. The van der Waals surface area contributed by atoms with E-state index in [1.54, 1.807) is 0 Å². The van der Waals surface area contributed by atoms with Gasteiger partial charge in [-0.3, -0.25) is 9.59 Å². The lowest BCUT2D eigenvalue weighted by Gasteiger charge is -2.30. The number of carbonyl (C=O) groups is 2. The van der Waals surface area contributed by atoms with E-state index in [1.807, 2.05) is 0 Å². The molecule has 1 aromatic carbocycles. The minimum atomic E-state index is -0.570. The molecular weight excluding hydrogens is 297 g/mol. The first-order chi connectivity index (χ1) is 11.0. The lowest BCUT2D eigenvalue weighted by atomic mass is 9.84. The normalized spacial score (nSPS) is 16.7. The van der Waals surface area contributed by atoms with Crippen LogP contribution in [0, 0.1) is 11.7 Å². The van der Waals surface area contributed by atoms with Gasteiger partial charge in [-0.05, 0) is 37.0 Å². The summed E-state index contributed by atoms with van der Waals surface area (Å²) < 4.78 is 13.6. The molecule has 1 atom stereocenters. The van der Waals surface area contributed by atoms with E-state index in [4.69, 9.17) is 5.73 Å². The maximum Gasteiger partial charge on any atom is 0.251 e. The number of rotatable bonds is 5. The molecule has 1 fully saturated rings. The number of carbonyl (C=O) groups excluding carboxylic acids is 2. The molecule has 0 heterocycles. The van der Waals surface area contributed by atoms with Gasteiger partial charge in [0.15, 0.2) is 0 Å². The zero-order chi connectivity index (χ0) is 16.8. The molecule has 4 N–H and O–H groups in total. The molecule has 0 aromatic heterocycles. The Morgan fingerprint density at radius 3 is 2.61 bits per heavy atom. The Labute approximate surface area is 135 Å². The Kier molecular flexibility index (Phi) is 6.10. The number of nitrogens with two attached hydrogens (primary N) is 1. The van der Waals surface area contributed by atoms with Crippen LogP contribution in [0.5, 0.6) is 0 Å². The standard InChI is InChI=1S/C17H24FN3O2/c1-11(22)20-15-9-13(7-8-14(15)18)17(23)21-16(10-19)12-5-3-2-4-6-12/h7-9,12,16H,2-6,10,19H2,1H3,(H,20,22)(H,21,23). The van der Waals surface area contributed by atoms with Gasteiger partial charge in [0.25, 0.3) is 5.91 Å². The van der Waals surface area contributed by atoms with Gasteiger partial charge in [-0.2, -0.15) is 0 Å². The Bertz CT molecular complexity index is 571. The lowest BCUT2D eigenvalue weighted by Crippen LogP contribution is -2.45. The van der Waals surface area contributed by atoms with E-state index in [1.165, 1.54) is 44.4 Å². The fourth-order valence-corrected chi connectivity index (χ4v) is 3.11. The first-order valence-corrected chi connectivity index (χ1v) is 8.09. The van der Waals surface area contributed by atoms with Crippen LogP contribution in [0.25, 0.3) is 0 Å². The van der Waals surface area contributed by atoms with Crippen LogP contribution in [0.1, 0.15) is 49.4 Å². The highest BCUT2D eigenvalue weighted by molar-refractivity contribution is 5.97. The largest absolute Gasteiger partial charge is 0.348 e. The van der Waals surface area contributed by atoms with E-state index in [0.29, 0.717) is 18.0 Å². The monoisotopic (exact) mass is 321 g/mol. The van der Waals surface area contributed by atoms with Crippen molar-refractivity contribution in [1.29, 1.82) is 0 Å². The predicted octanol–water partition coefficient (Wildman–Crippen LogP) is 2.42. The third kappa shape index (κ3) is 4.76. The highest BCUT2D eigenvalue weighted by atomic mass is 19.1. The van der Waals surface area contributed by atoms with Crippen LogP contribution in [0.3, 0.4) is 0 Å². The van der Waals surface area contributed by atoms with Gasteiger partial charge in [0.05, 0.1) is 5.69 Å². The van der Waals surface area contributed by atoms with E-state index in [-0.39, 0.29) is 23.5 Å². The summed E-state index contributed by atoms with van der Waals surface area (Å²) in [5.74, 6) is -0.853. The zero-order valence-electron chi connectivity index (χ0n) is 13.4. The van der Waals surface area contributed by atoms with E-state index in [2.05, 4.69) is 10.6 Å². The summed E-state index contributed by atoms with van der Waals surface area (Å²) in [4.78, 5) is 23.5. The number of anilines is 1. The average molecular weight is 321 g/mol. The Hall–Kier alpha value is -1.95. The van der Waals surface area contributed by atoms with Crippen LogP contribution in [0.4, 0.5) is 10.1 Å². The number of benzene rings is 1. The quantitative estimate of drug-likeness (QED) is 0.778. The zero-order valence-corrected chi connectivity index (χ0v) is 13.4. The van der Waals surface area contributed by atoms with E-state index >= 15 is 0 Å². The van der Waals surface area contributed by atoms with Crippen LogP contribution in [0.2, 0.25) is 0 Å². The Balaban J connectivity index is 2.08. The number of hydrogen-bond donors (Lipinski definition) is 3. The summed E-state index contributed by atoms with van der Waals surface area (Å²) in [6, 6.07) is 3.86. The van der Waals surface area contributed by atoms with E-state index in [0.717, 1.165) is 12.8 Å². The van der Waals surface area contributed by atoms with Gasteiger partial charge in [0.1, 0.15) is 5.82 Å². The van der Waals surface area contributed by atoms with Crippen molar-refractivity contribution in [2.75, 3.05) is 11.9 Å². The van der Waals surface area contributed by atoms with E-state index < -0.39 is 5.82 Å². The molecule has 0 aliphatic heterocycles. The molecule has 0 spiro atoms. The summed E-state index contributed by atoms with van der Waals surface area (Å²) in [6.45, 7) is 1.68. The van der Waals surface area contributed by atoms with Crippen molar-refractivity contribution in [3.05, 3.63) is 29.6 Å². The molecule has 2 rings (SSSR count). The van der Waals surface area contributed by atoms with Crippen LogP contribution >= 0.6 is 0 Å². The number of hydrogen-bond acceptors (Lipinski definition) is 3. The molecule has 0 bridgehead atoms. The molecule has 126 valence electrons. The highest BCUT2D eigenvalue weighted by Gasteiger charge is 2.24. The Morgan fingerprint density at radius 1 is 1.30 bits per heavy atom. The number of halogens is 1. The topological polar surface area (TPSA) is 84.2 Å². The Morgan fingerprint density at radius 2 is 2.00 bits per heavy atom. The molecular formula is C17H24FN3O2. The molecule has 1 saturated carbocycles. The van der Waals surface area contributed by atoms with Crippen molar-refractivity contribution >= 4 is 17.5 Å². The van der Waals surface area contributed by atoms with Gasteiger partial charge in [-0.15, -0.1) is 0 Å². The summed E-state index contributed by atoms with van der Waals surface area (Å²) in [7, 11) is 0. The maximum atomic E-state index is 13.6. The van der Waals surface area contributed by atoms with Gasteiger partial charge in [0, 0.05) is 25.1 Å². The molecule has 23 heavy (non-hydrogen) atoms. The van der Waals surface area contributed by atoms with Crippen molar-refractivity contribution in [3.63, 3.8) is 0 Å². The molecule has 2 amide bonds. The third-order valence-corrected chi connectivity index (χ3v) is 4.33. The van der Waals surface area contributed by atoms with Gasteiger partial charge >= 0.3 is 0 Å². The summed E-state index contributed by atoms with van der Waals surface area (Å²) in [5, 5.41) is 5.33. The van der Waals surface area contributed by atoms with Crippen molar-refractivity contribution in [1.82, 2.24) is 5.32 Å². The highest BCUT2D eigenvalue weighted by Crippen LogP contribution is 2.26.